The Balaban J connectivity index is 2.05. The molecule has 3 heteroatoms. The van der Waals surface area contributed by atoms with E-state index in [0.717, 1.165) is 19.3 Å². The van der Waals surface area contributed by atoms with Gasteiger partial charge in [-0.2, -0.15) is 0 Å². The Bertz CT molecular complexity index is 321. The third-order valence-electron chi connectivity index (χ3n) is 4.98. The molecule has 84 valence electrons. The molecule has 3 nitrogen and oxygen atoms in total. The number of rotatable bonds is 1. The van der Waals surface area contributed by atoms with Gasteiger partial charge in [0.25, 0.3) is 0 Å². The second-order valence-corrected chi connectivity index (χ2v) is 7.11. The predicted molar refractivity (Wildman–Crippen MR) is 57.1 cm³/mol. The molecular formula is C12H19NO2. The van der Waals surface area contributed by atoms with Gasteiger partial charge in [-0.25, -0.2) is 0 Å². The van der Waals surface area contributed by atoms with E-state index in [1.165, 1.54) is 19.3 Å². The van der Waals surface area contributed by atoms with Crippen molar-refractivity contribution in [2.24, 2.45) is 16.7 Å². The summed E-state index contributed by atoms with van der Waals surface area (Å²) in [5.41, 5.74) is -0.0224. The summed E-state index contributed by atoms with van der Waals surface area (Å²) in [5.74, 6) is 0.627. The van der Waals surface area contributed by atoms with Crippen LogP contribution in [0.4, 0.5) is 0 Å². The summed E-state index contributed by atoms with van der Waals surface area (Å²) >= 11 is 0. The molecule has 4 fully saturated rings. The standard InChI is InChI=1S/C12H19NO2/c1-10-3-9-4-11(2,6-10)8-12(5-9,7-10)13(14)15/h9H,3-8H2,1-2H3/t9?,10-,11+,12?. The molecule has 2 unspecified atom stereocenters. The third kappa shape index (κ3) is 1.18. The van der Waals surface area contributed by atoms with Gasteiger partial charge >= 0.3 is 0 Å². The molecule has 4 aliphatic rings. The lowest BCUT2D eigenvalue weighted by Crippen LogP contribution is -2.61. The van der Waals surface area contributed by atoms with Crippen molar-refractivity contribution < 1.29 is 4.92 Å². The Hall–Kier alpha value is -0.600. The summed E-state index contributed by atoms with van der Waals surface area (Å²) in [6.07, 6.45) is 6.20. The molecule has 4 rings (SSSR count). The van der Waals surface area contributed by atoms with Gasteiger partial charge in [0.15, 0.2) is 0 Å². The molecule has 0 aliphatic heterocycles. The Morgan fingerprint density at radius 1 is 1.07 bits per heavy atom. The Kier molecular flexibility index (Phi) is 1.53. The van der Waals surface area contributed by atoms with E-state index in [-0.39, 0.29) is 15.8 Å². The topological polar surface area (TPSA) is 43.1 Å². The van der Waals surface area contributed by atoms with E-state index in [9.17, 15) is 10.1 Å². The summed E-state index contributed by atoms with van der Waals surface area (Å²) in [4.78, 5) is 11.4. The molecule has 0 aromatic rings. The first-order valence-electron chi connectivity index (χ1n) is 6.00. The quantitative estimate of drug-likeness (QED) is 0.492. The first kappa shape index (κ1) is 9.61. The molecule has 0 saturated heterocycles. The van der Waals surface area contributed by atoms with E-state index in [1.807, 2.05) is 0 Å². The molecule has 4 atom stereocenters. The Labute approximate surface area is 90.4 Å². The van der Waals surface area contributed by atoms with Gasteiger partial charge in [-0.05, 0) is 36.0 Å². The van der Waals surface area contributed by atoms with Gasteiger partial charge in [0.2, 0.25) is 5.54 Å². The largest absolute Gasteiger partial charge is 0.264 e. The molecule has 0 radical (unpaired) electrons. The average molecular weight is 209 g/mol. The molecule has 0 spiro atoms. The molecule has 15 heavy (non-hydrogen) atoms. The molecule has 0 aromatic heterocycles. The summed E-state index contributed by atoms with van der Waals surface area (Å²) in [7, 11) is 0. The van der Waals surface area contributed by atoms with Crippen molar-refractivity contribution in [3.63, 3.8) is 0 Å². The van der Waals surface area contributed by atoms with E-state index in [4.69, 9.17) is 0 Å². The minimum absolute atomic E-state index is 0.0496. The van der Waals surface area contributed by atoms with Crippen LogP contribution in [-0.2, 0) is 0 Å². The van der Waals surface area contributed by atoms with Gasteiger partial charge < -0.3 is 0 Å². The van der Waals surface area contributed by atoms with E-state index in [2.05, 4.69) is 13.8 Å². The number of hydrogen-bond donors (Lipinski definition) is 0. The first-order chi connectivity index (χ1) is 6.85. The van der Waals surface area contributed by atoms with Crippen LogP contribution in [0.25, 0.3) is 0 Å². The van der Waals surface area contributed by atoms with Crippen LogP contribution in [0.1, 0.15) is 52.4 Å². The van der Waals surface area contributed by atoms with Crippen LogP contribution in [0, 0.1) is 26.9 Å². The van der Waals surface area contributed by atoms with Crippen LogP contribution in [0.15, 0.2) is 0 Å². The molecule has 0 heterocycles. The van der Waals surface area contributed by atoms with Gasteiger partial charge in [0.1, 0.15) is 0 Å². The Morgan fingerprint density at radius 3 is 2.00 bits per heavy atom. The second-order valence-electron chi connectivity index (χ2n) is 7.11. The normalized spacial score (nSPS) is 57.1. The first-order valence-corrected chi connectivity index (χ1v) is 6.00. The third-order valence-corrected chi connectivity index (χ3v) is 4.98. The molecule has 4 aliphatic carbocycles. The minimum Gasteiger partial charge on any atom is -0.264 e. The van der Waals surface area contributed by atoms with Crippen LogP contribution in [0.2, 0.25) is 0 Å². The van der Waals surface area contributed by atoms with Crippen molar-refractivity contribution in [3.8, 4) is 0 Å². The maximum Gasteiger partial charge on any atom is 0.223 e. The second kappa shape index (κ2) is 2.38. The average Bonchev–Trinajstić information content (AvgIpc) is 1.95. The predicted octanol–water partition coefficient (Wildman–Crippen LogP) is 3.01. The Morgan fingerprint density at radius 2 is 1.60 bits per heavy atom. The number of nitro groups is 1. The van der Waals surface area contributed by atoms with Crippen LogP contribution in [-0.4, -0.2) is 10.5 Å². The van der Waals surface area contributed by atoms with Gasteiger partial charge in [-0.3, -0.25) is 10.1 Å². The van der Waals surface area contributed by atoms with Crippen molar-refractivity contribution in [2.75, 3.05) is 0 Å². The fourth-order valence-electron chi connectivity index (χ4n) is 5.59. The van der Waals surface area contributed by atoms with Gasteiger partial charge in [-0.15, -0.1) is 0 Å². The lowest BCUT2D eigenvalue weighted by molar-refractivity contribution is -0.594. The highest BCUT2D eigenvalue weighted by Crippen LogP contribution is 2.66. The van der Waals surface area contributed by atoms with E-state index >= 15 is 0 Å². The molecule has 4 saturated carbocycles. The van der Waals surface area contributed by atoms with E-state index < -0.39 is 5.54 Å². The summed E-state index contributed by atoms with van der Waals surface area (Å²) in [6, 6.07) is 0. The molecule has 0 N–H and O–H groups in total. The lowest BCUT2D eigenvalue weighted by Gasteiger charge is -2.61. The highest BCUT2D eigenvalue weighted by atomic mass is 16.6. The highest BCUT2D eigenvalue weighted by Gasteiger charge is 2.66. The summed E-state index contributed by atoms with van der Waals surface area (Å²) in [5, 5.41) is 11.3. The summed E-state index contributed by atoms with van der Waals surface area (Å²) < 4.78 is 0. The van der Waals surface area contributed by atoms with Crippen LogP contribution >= 0.6 is 0 Å². The lowest BCUT2D eigenvalue weighted by atomic mass is 9.43. The van der Waals surface area contributed by atoms with Crippen molar-refractivity contribution in [3.05, 3.63) is 10.1 Å². The summed E-state index contributed by atoms with van der Waals surface area (Å²) in [6.45, 7) is 4.54. The van der Waals surface area contributed by atoms with Crippen molar-refractivity contribution in [1.82, 2.24) is 0 Å². The van der Waals surface area contributed by atoms with Gasteiger partial charge in [-0.1, -0.05) is 13.8 Å². The van der Waals surface area contributed by atoms with E-state index in [1.54, 1.807) is 0 Å². The van der Waals surface area contributed by atoms with Crippen LogP contribution in [0.3, 0.4) is 0 Å². The molecule has 4 bridgehead atoms. The smallest absolute Gasteiger partial charge is 0.223 e. The monoisotopic (exact) mass is 209 g/mol. The van der Waals surface area contributed by atoms with Gasteiger partial charge in [0, 0.05) is 24.2 Å². The maximum atomic E-state index is 11.3. The van der Waals surface area contributed by atoms with Crippen molar-refractivity contribution in [2.45, 2.75) is 57.9 Å². The van der Waals surface area contributed by atoms with Gasteiger partial charge in [0.05, 0.1) is 0 Å². The maximum absolute atomic E-state index is 11.3. The number of hydrogen-bond acceptors (Lipinski definition) is 2. The fraction of sp³-hybridized carbons (Fsp3) is 1.00. The minimum atomic E-state index is -0.553. The van der Waals surface area contributed by atoms with Crippen LogP contribution in [0.5, 0.6) is 0 Å². The zero-order valence-corrected chi connectivity index (χ0v) is 9.58. The zero-order valence-electron chi connectivity index (χ0n) is 9.58. The molecule has 0 amide bonds. The molecule has 0 aromatic carbocycles. The highest BCUT2D eigenvalue weighted by molar-refractivity contribution is 5.11. The molecular weight excluding hydrogens is 190 g/mol. The zero-order chi connectivity index (χ0) is 10.9. The van der Waals surface area contributed by atoms with Crippen molar-refractivity contribution >= 4 is 0 Å². The fourth-order valence-corrected chi connectivity index (χ4v) is 5.59. The number of nitrogens with zero attached hydrogens (tertiary/aromatic N) is 1. The SMILES string of the molecule is C[C@]12CC3CC([N+](=O)[O-])(C1)C[C@@](C)(C3)C2. The van der Waals surface area contributed by atoms with Crippen molar-refractivity contribution in [1.29, 1.82) is 0 Å². The van der Waals surface area contributed by atoms with Crippen LogP contribution < -0.4 is 0 Å². The van der Waals surface area contributed by atoms with E-state index in [0.29, 0.717) is 5.92 Å².